The van der Waals surface area contributed by atoms with Crippen molar-refractivity contribution in [2.75, 3.05) is 13.1 Å². The van der Waals surface area contributed by atoms with Crippen molar-refractivity contribution in [2.45, 2.75) is 32.6 Å². The maximum absolute atomic E-state index is 13.4. The largest absolute Gasteiger partial charge is 0.372 e. The van der Waals surface area contributed by atoms with Crippen molar-refractivity contribution in [3.8, 4) is 0 Å². The van der Waals surface area contributed by atoms with Gasteiger partial charge < -0.3 is 15.0 Å². The summed E-state index contributed by atoms with van der Waals surface area (Å²) in [4.78, 5) is 26.7. The molecule has 0 spiro atoms. The minimum Gasteiger partial charge on any atom is -0.372 e. The zero-order valence-electron chi connectivity index (χ0n) is 15.7. The van der Waals surface area contributed by atoms with Gasteiger partial charge in [0.2, 0.25) is 0 Å². The molecule has 7 heteroatoms. The molecule has 0 saturated carbocycles. The minimum atomic E-state index is -0.478. The molecule has 2 aromatic carbocycles. The van der Waals surface area contributed by atoms with E-state index >= 15 is 0 Å². The van der Waals surface area contributed by atoms with Crippen LogP contribution >= 0.6 is 15.9 Å². The second-order valence-electron chi connectivity index (χ2n) is 7.01. The number of amides is 2. The van der Waals surface area contributed by atoms with Crippen LogP contribution in [0, 0.1) is 5.82 Å². The SMILES string of the molecule is CC1CN(C(=O)c2ccc(CNC(=O)c3cc(F)cc(Br)c3)cc2)CC(C)O1. The maximum Gasteiger partial charge on any atom is 0.254 e. The maximum atomic E-state index is 13.4. The van der Waals surface area contributed by atoms with Crippen LogP contribution in [0.4, 0.5) is 4.39 Å². The molecular weight excluding hydrogens is 427 g/mol. The lowest BCUT2D eigenvalue weighted by atomic mass is 10.1. The predicted molar refractivity (Wildman–Crippen MR) is 108 cm³/mol. The van der Waals surface area contributed by atoms with Crippen molar-refractivity contribution >= 4 is 27.7 Å². The summed E-state index contributed by atoms with van der Waals surface area (Å²) in [6.45, 7) is 5.35. The van der Waals surface area contributed by atoms with E-state index in [4.69, 9.17) is 4.74 Å². The number of halogens is 2. The summed E-state index contributed by atoms with van der Waals surface area (Å²) in [6.07, 6.45) is 0.0371. The van der Waals surface area contributed by atoms with Gasteiger partial charge in [0.25, 0.3) is 11.8 Å². The lowest BCUT2D eigenvalue weighted by Gasteiger charge is -2.35. The highest BCUT2D eigenvalue weighted by atomic mass is 79.9. The zero-order chi connectivity index (χ0) is 20.3. The van der Waals surface area contributed by atoms with Crippen LogP contribution < -0.4 is 5.32 Å². The quantitative estimate of drug-likeness (QED) is 0.774. The number of nitrogens with zero attached hydrogens (tertiary/aromatic N) is 1. The Morgan fingerprint density at radius 3 is 2.36 bits per heavy atom. The van der Waals surface area contributed by atoms with Gasteiger partial charge in [-0.3, -0.25) is 9.59 Å². The van der Waals surface area contributed by atoms with E-state index in [0.29, 0.717) is 23.1 Å². The molecule has 0 bridgehead atoms. The van der Waals surface area contributed by atoms with Crippen molar-refractivity contribution < 1.29 is 18.7 Å². The molecule has 0 radical (unpaired) electrons. The minimum absolute atomic E-state index is 0.0186. The molecule has 148 valence electrons. The Bertz CT molecular complexity index is 842. The first-order valence-electron chi connectivity index (χ1n) is 9.10. The number of ether oxygens (including phenoxy) is 1. The fraction of sp³-hybridized carbons (Fsp3) is 0.333. The summed E-state index contributed by atoms with van der Waals surface area (Å²) in [6, 6.07) is 11.2. The van der Waals surface area contributed by atoms with E-state index in [-0.39, 0.29) is 36.1 Å². The van der Waals surface area contributed by atoms with Gasteiger partial charge >= 0.3 is 0 Å². The fourth-order valence-electron chi connectivity index (χ4n) is 3.26. The third-order valence-corrected chi connectivity index (χ3v) is 4.94. The Labute approximate surface area is 172 Å². The molecule has 5 nitrogen and oxygen atoms in total. The molecule has 1 heterocycles. The van der Waals surface area contributed by atoms with Crippen molar-refractivity contribution in [2.24, 2.45) is 0 Å². The first-order valence-corrected chi connectivity index (χ1v) is 9.89. The van der Waals surface area contributed by atoms with E-state index in [1.165, 1.54) is 12.1 Å². The molecule has 1 fully saturated rings. The Morgan fingerprint density at radius 1 is 1.11 bits per heavy atom. The number of morpholine rings is 1. The second kappa shape index (κ2) is 8.84. The monoisotopic (exact) mass is 448 g/mol. The van der Waals surface area contributed by atoms with Gasteiger partial charge in [-0.1, -0.05) is 28.1 Å². The van der Waals surface area contributed by atoms with Gasteiger partial charge in [0, 0.05) is 35.2 Å². The standard InChI is InChI=1S/C21H22BrFN2O3/c1-13-11-25(12-14(2)28-13)21(27)16-5-3-15(4-6-16)10-24-20(26)17-7-18(22)9-19(23)8-17/h3-9,13-14H,10-12H2,1-2H3,(H,24,26). The molecule has 3 rings (SSSR count). The molecule has 28 heavy (non-hydrogen) atoms. The molecule has 2 atom stereocenters. The van der Waals surface area contributed by atoms with Gasteiger partial charge in [-0.25, -0.2) is 4.39 Å². The lowest BCUT2D eigenvalue weighted by Crippen LogP contribution is -2.48. The van der Waals surface area contributed by atoms with E-state index in [2.05, 4.69) is 21.2 Å². The number of benzene rings is 2. The average molecular weight is 449 g/mol. The highest BCUT2D eigenvalue weighted by Gasteiger charge is 2.26. The van der Waals surface area contributed by atoms with Crippen LogP contribution in [0.15, 0.2) is 46.9 Å². The molecule has 1 aliphatic rings. The van der Waals surface area contributed by atoms with Crippen LogP contribution in [0.25, 0.3) is 0 Å². The third-order valence-electron chi connectivity index (χ3n) is 4.49. The molecule has 0 aromatic heterocycles. The highest BCUT2D eigenvalue weighted by Crippen LogP contribution is 2.16. The van der Waals surface area contributed by atoms with Gasteiger partial charge in [0.1, 0.15) is 5.82 Å². The summed E-state index contributed by atoms with van der Waals surface area (Å²) in [7, 11) is 0. The predicted octanol–water partition coefficient (Wildman–Crippen LogP) is 3.77. The van der Waals surface area contributed by atoms with Crippen LogP contribution in [0.3, 0.4) is 0 Å². The Balaban J connectivity index is 1.59. The first-order chi connectivity index (χ1) is 13.3. The third kappa shape index (κ3) is 5.17. The average Bonchev–Trinajstić information content (AvgIpc) is 2.64. The van der Waals surface area contributed by atoms with Gasteiger partial charge in [-0.15, -0.1) is 0 Å². The summed E-state index contributed by atoms with van der Waals surface area (Å²) >= 11 is 3.18. The van der Waals surface area contributed by atoms with E-state index in [9.17, 15) is 14.0 Å². The number of hydrogen-bond donors (Lipinski definition) is 1. The van der Waals surface area contributed by atoms with Gasteiger partial charge in [-0.05, 0) is 49.7 Å². The Hall–Kier alpha value is -2.25. The van der Waals surface area contributed by atoms with E-state index in [0.717, 1.165) is 5.56 Å². The highest BCUT2D eigenvalue weighted by molar-refractivity contribution is 9.10. The van der Waals surface area contributed by atoms with E-state index < -0.39 is 5.82 Å². The van der Waals surface area contributed by atoms with Crippen molar-refractivity contribution in [1.82, 2.24) is 10.2 Å². The van der Waals surface area contributed by atoms with Crippen LogP contribution in [0.1, 0.15) is 40.1 Å². The topological polar surface area (TPSA) is 58.6 Å². The summed E-state index contributed by atoms with van der Waals surface area (Å²) < 4.78 is 19.6. The Kier molecular flexibility index (Phi) is 6.46. The molecule has 1 N–H and O–H groups in total. The molecule has 2 unspecified atom stereocenters. The number of carbonyl (C=O) groups excluding carboxylic acids is 2. The fourth-order valence-corrected chi connectivity index (χ4v) is 3.73. The molecule has 2 aromatic rings. The van der Waals surface area contributed by atoms with Crippen molar-refractivity contribution in [1.29, 1.82) is 0 Å². The molecule has 2 amide bonds. The number of carbonyl (C=O) groups is 2. The van der Waals surface area contributed by atoms with Crippen molar-refractivity contribution in [3.05, 3.63) is 69.4 Å². The molecule has 0 aliphatic carbocycles. The van der Waals surface area contributed by atoms with Crippen molar-refractivity contribution in [3.63, 3.8) is 0 Å². The number of rotatable bonds is 4. The van der Waals surface area contributed by atoms with E-state index in [1.54, 1.807) is 23.1 Å². The van der Waals surface area contributed by atoms with Crippen LogP contribution in [0.5, 0.6) is 0 Å². The summed E-state index contributed by atoms with van der Waals surface area (Å²) in [5, 5.41) is 2.76. The normalized spacial score (nSPS) is 19.4. The molecule has 1 aliphatic heterocycles. The molecular formula is C21H22BrFN2O3. The Morgan fingerprint density at radius 2 is 1.75 bits per heavy atom. The van der Waals surface area contributed by atoms with E-state index in [1.807, 2.05) is 26.0 Å². The second-order valence-corrected chi connectivity index (χ2v) is 7.92. The molecule has 1 saturated heterocycles. The summed E-state index contributed by atoms with van der Waals surface area (Å²) in [5.41, 5.74) is 1.70. The van der Waals surface area contributed by atoms with Crippen LogP contribution in [0.2, 0.25) is 0 Å². The van der Waals surface area contributed by atoms with Gasteiger partial charge in [0.15, 0.2) is 0 Å². The lowest BCUT2D eigenvalue weighted by molar-refractivity contribution is -0.0586. The van der Waals surface area contributed by atoms with Crippen LogP contribution in [-0.2, 0) is 11.3 Å². The first kappa shape index (κ1) is 20.5. The summed E-state index contributed by atoms with van der Waals surface area (Å²) in [5.74, 6) is -0.868. The smallest absolute Gasteiger partial charge is 0.254 e. The number of hydrogen-bond acceptors (Lipinski definition) is 3. The zero-order valence-corrected chi connectivity index (χ0v) is 17.3. The van der Waals surface area contributed by atoms with Gasteiger partial charge in [-0.2, -0.15) is 0 Å². The van der Waals surface area contributed by atoms with Gasteiger partial charge in [0.05, 0.1) is 12.2 Å². The van der Waals surface area contributed by atoms with Crippen LogP contribution in [-0.4, -0.2) is 42.0 Å². The number of nitrogens with one attached hydrogen (secondary N) is 1.